The van der Waals surface area contributed by atoms with Crippen LogP contribution in [0.4, 0.5) is 17.6 Å². The Bertz CT molecular complexity index is 719. The molecule has 1 fully saturated rings. The van der Waals surface area contributed by atoms with Gasteiger partial charge in [0.05, 0.1) is 0 Å². The SMILES string of the molecule is O=C(NC1(C(F)(F)F)CC1)c1ccc(F)c2ccccc12. The van der Waals surface area contributed by atoms with Gasteiger partial charge in [-0.1, -0.05) is 24.3 Å². The number of rotatable bonds is 2. The molecule has 1 saturated carbocycles. The van der Waals surface area contributed by atoms with Crippen LogP contribution in [0.25, 0.3) is 10.8 Å². The van der Waals surface area contributed by atoms with Crippen molar-refractivity contribution in [2.45, 2.75) is 24.6 Å². The van der Waals surface area contributed by atoms with E-state index >= 15 is 0 Å². The first-order valence-electron chi connectivity index (χ1n) is 6.41. The highest BCUT2D eigenvalue weighted by Crippen LogP contribution is 2.49. The molecule has 0 unspecified atom stereocenters. The first kappa shape index (κ1) is 13.9. The van der Waals surface area contributed by atoms with Crippen molar-refractivity contribution in [3.8, 4) is 0 Å². The number of alkyl halides is 3. The maximum Gasteiger partial charge on any atom is 0.411 e. The monoisotopic (exact) mass is 297 g/mol. The summed E-state index contributed by atoms with van der Waals surface area (Å²) in [6.07, 6.45) is -4.72. The van der Waals surface area contributed by atoms with Gasteiger partial charge in [0.25, 0.3) is 5.91 Å². The lowest BCUT2D eigenvalue weighted by Crippen LogP contribution is -2.47. The summed E-state index contributed by atoms with van der Waals surface area (Å²) < 4.78 is 52.3. The second-order valence-electron chi connectivity index (χ2n) is 5.17. The minimum atomic E-state index is -4.47. The van der Waals surface area contributed by atoms with Gasteiger partial charge in [0.1, 0.15) is 11.4 Å². The molecule has 1 aliphatic rings. The van der Waals surface area contributed by atoms with Gasteiger partial charge >= 0.3 is 6.18 Å². The zero-order chi connectivity index (χ0) is 15.3. The number of hydrogen-bond acceptors (Lipinski definition) is 1. The molecule has 6 heteroatoms. The van der Waals surface area contributed by atoms with Crippen LogP contribution in [-0.2, 0) is 0 Å². The fourth-order valence-electron chi connectivity index (χ4n) is 2.35. The maximum absolute atomic E-state index is 13.7. The Morgan fingerprint density at radius 3 is 2.24 bits per heavy atom. The summed E-state index contributed by atoms with van der Waals surface area (Å²) in [7, 11) is 0. The van der Waals surface area contributed by atoms with Crippen LogP contribution < -0.4 is 5.32 Å². The molecule has 0 radical (unpaired) electrons. The molecule has 1 N–H and O–H groups in total. The van der Waals surface area contributed by atoms with Gasteiger partial charge in [-0.2, -0.15) is 13.2 Å². The molecule has 0 aliphatic heterocycles. The topological polar surface area (TPSA) is 29.1 Å². The van der Waals surface area contributed by atoms with Gasteiger partial charge in [-0.15, -0.1) is 0 Å². The maximum atomic E-state index is 13.7. The Balaban J connectivity index is 1.98. The molecule has 1 aliphatic carbocycles. The normalized spacial score (nSPS) is 16.8. The van der Waals surface area contributed by atoms with E-state index < -0.39 is 23.4 Å². The number of amides is 1. The summed E-state index contributed by atoms with van der Waals surface area (Å²) in [6, 6.07) is 8.50. The molecule has 0 atom stereocenters. The van der Waals surface area contributed by atoms with Crippen molar-refractivity contribution in [3.05, 3.63) is 47.8 Å². The molecule has 0 bridgehead atoms. The van der Waals surface area contributed by atoms with Crippen LogP contribution >= 0.6 is 0 Å². The highest BCUT2D eigenvalue weighted by molar-refractivity contribution is 6.07. The zero-order valence-electron chi connectivity index (χ0n) is 10.8. The van der Waals surface area contributed by atoms with Crippen LogP contribution in [0.15, 0.2) is 36.4 Å². The van der Waals surface area contributed by atoms with Crippen LogP contribution in [0.1, 0.15) is 23.2 Å². The second-order valence-corrected chi connectivity index (χ2v) is 5.17. The third-order valence-electron chi connectivity index (χ3n) is 3.76. The van der Waals surface area contributed by atoms with Crippen LogP contribution in [0.2, 0.25) is 0 Å². The molecule has 0 aromatic heterocycles. The third-order valence-corrected chi connectivity index (χ3v) is 3.76. The molecule has 1 amide bonds. The lowest BCUT2D eigenvalue weighted by Gasteiger charge is -2.21. The van der Waals surface area contributed by atoms with Crippen molar-refractivity contribution in [1.29, 1.82) is 0 Å². The highest BCUT2D eigenvalue weighted by atomic mass is 19.4. The number of carbonyl (C=O) groups excluding carboxylic acids is 1. The summed E-state index contributed by atoms with van der Waals surface area (Å²) in [5, 5.41) is 2.56. The van der Waals surface area contributed by atoms with Gasteiger partial charge in [-0.05, 0) is 30.4 Å². The number of halogens is 4. The fraction of sp³-hybridized carbons (Fsp3) is 0.267. The molecule has 3 rings (SSSR count). The molecule has 0 saturated heterocycles. The summed E-state index contributed by atoms with van der Waals surface area (Å²) in [6.45, 7) is 0. The lowest BCUT2D eigenvalue weighted by atomic mass is 10.0. The number of fused-ring (bicyclic) bond motifs is 1. The van der Waals surface area contributed by atoms with Crippen LogP contribution in [0.5, 0.6) is 0 Å². The van der Waals surface area contributed by atoms with Crippen molar-refractivity contribution in [2.75, 3.05) is 0 Å². The molecular formula is C15H11F4NO. The molecule has 2 nitrogen and oxygen atoms in total. The Labute approximate surface area is 117 Å². The van der Waals surface area contributed by atoms with E-state index in [0.717, 1.165) is 6.07 Å². The fourth-order valence-corrected chi connectivity index (χ4v) is 2.35. The Morgan fingerprint density at radius 2 is 1.67 bits per heavy atom. The van der Waals surface area contributed by atoms with Gasteiger partial charge in [-0.25, -0.2) is 4.39 Å². The first-order valence-corrected chi connectivity index (χ1v) is 6.41. The smallest absolute Gasteiger partial charge is 0.338 e. The van der Waals surface area contributed by atoms with Gasteiger partial charge in [0.2, 0.25) is 0 Å². The summed E-state index contributed by atoms with van der Waals surface area (Å²) >= 11 is 0. The molecule has 110 valence electrons. The minimum Gasteiger partial charge on any atom is -0.338 e. The van der Waals surface area contributed by atoms with E-state index in [1.54, 1.807) is 12.1 Å². The largest absolute Gasteiger partial charge is 0.411 e. The lowest BCUT2D eigenvalue weighted by molar-refractivity contribution is -0.163. The van der Waals surface area contributed by atoms with E-state index in [-0.39, 0.29) is 23.8 Å². The molecule has 0 spiro atoms. The van der Waals surface area contributed by atoms with Crippen LogP contribution in [-0.4, -0.2) is 17.6 Å². The van der Waals surface area contributed by atoms with Gasteiger partial charge < -0.3 is 5.32 Å². The summed E-state index contributed by atoms with van der Waals surface area (Å²) in [4.78, 5) is 12.1. The number of hydrogen-bond donors (Lipinski definition) is 1. The molecule has 21 heavy (non-hydrogen) atoms. The predicted octanol–water partition coefficient (Wildman–Crippen LogP) is 3.80. The molecule has 0 heterocycles. The molecular weight excluding hydrogens is 286 g/mol. The average Bonchev–Trinajstić information content (AvgIpc) is 3.20. The van der Waals surface area contributed by atoms with Crippen molar-refractivity contribution < 1.29 is 22.4 Å². The molecule has 2 aromatic carbocycles. The van der Waals surface area contributed by atoms with E-state index in [0.29, 0.717) is 5.39 Å². The minimum absolute atomic E-state index is 0.0440. The zero-order valence-corrected chi connectivity index (χ0v) is 10.8. The van der Waals surface area contributed by atoms with Crippen LogP contribution in [0, 0.1) is 5.82 Å². The Hall–Kier alpha value is -2.11. The quantitative estimate of drug-likeness (QED) is 0.839. The predicted molar refractivity (Wildman–Crippen MR) is 69.4 cm³/mol. The van der Waals surface area contributed by atoms with Gasteiger partial charge in [-0.3, -0.25) is 4.79 Å². The van der Waals surface area contributed by atoms with E-state index in [1.807, 2.05) is 5.32 Å². The van der Waals surface area contributed by atoms with E-state index in [2.05, 4.69) is 0 Å². The van der Waals surface area contributed by atoms with Crippen molar-refractivity contribution in [2.24, 2.45) is 0 Å². The van der Waals surface area contributed by atoms with Gasteiger partial charge in [0, 0.05) is 10.9 Å². The number of carbonyl (C=O) groups is 1. The summed E-state index contributed by atoms with van der Waals surface area (Å²) in [5.74, 6) is -1.35. The third kappa shape index (κ3) is 2.24. The Morgan fingerprint density at radius 1 is 1.05 bits per heavy atom. The van der Waals surface area contributed by atoms with Crippen molar-refractivity contribution in [1.82, 2.24) is 5.32 Å². The first-order chi connectivity index (χ1) is 9.84. The van der Waals surface area contributed by atoms with E-state index in [1.165, 1.54) is 18.2 Å². The van der Waals surface area contributed by atoms with Crippen molar-refractivity contribution >= 4 is 16.7 Å². The number of benzene rings is 2. The highest BCUT2D eigenvalue weighted by Gasteiger charge is 2.64. The van der Waals surface area contributed by atoms with E-state index in [4.69, 9.17) is 0 Å². The Kier molecular flexibility index (Phi) is 2.93. The second kappa shape index (κ2) is 4.44. The number of nitrogens with one attached hydrogen (secondary N) is 1. The summed E-state index contributed by atoms with van der Waals surface area (Å²) in [5.41, 5.74) is -2.08. The average molecular weight is 297 g/mol. The van der Waals surface area contributed by atoms with Gasteiger partial charge in [0.15, 0.2) is 0 Å². The molecule has 2 aromatic rings. The van der Waals surface area contributed by atoms with E-state index in [9.17, 15) is 22.4 Å². The van der Waals surface area contributed by atoms with Crippen molar-refractivity contribution in [3.63, 3.8) is 0 Å². The van der Waals surface area contributed by atoms with Crippen LogP contribution in [0.3, 0.4) is 0 Å². The standard InChI is InChI=1S/C15H11F4NO/c16-12-6-5-11(9-3-1-2-4-10(9)12)13(21)20-14(7-8-14)15(17,18)19/h1-6H,7-8H2,(H,20,21).